The summed E-state index contributed by atoms with van der Waals surface area (Å²) in [5, 5.41) is 10.7. The standard InChI is InChI=1S/C31H28N8O/c40-27(15-19-7-2-1-3-8-19)34-21-10-6-9-20(16-21)23-12-13-25-29(35-23)30(39-38-25)31-36-26-18-32-17-22(28(26)37-31)24-11-4-5-14-33-24/h4-6,9-14,16-19H,1-3,7-8,15H2,(H,34,40)(H,36,37)(H,38,39). The lowest BCUT2D eigenvalue weighted by atomic mass is 9.87. The molecule has 5 aromatic heterocycles. The lowest BCUT2D eigenvalue weighted by Crippen LogP contribution is -2.18. The number of hydrogen-bond donors (Lipinski definition) is 3. The van der Waals surface area contributed by atoms with Gasteiger partial charge in [0.2, 0.25) is 5.91 Å². The quantitative estimate of drug-likeness (QED) is 0.226. The molecule has 1 aliphatic carbocycles. The third kappa shape index (κ3) is 4.70. The third-order valence-electron chi connectivity index (χ3n) is 7.61. The molecule has 9 heteroatoms. The molecule has 5 heterocycles. The zero-order valence-corrected chi connectivity index (χ0v) is 21.9. The highest BCUT2D eigenvalue weighted by Crippen LogP contribution is 2.31. The molecule has 40 heavy (non-hydrogen) atoms. The number of carbonyl (C=O) groups excluding carboxylic acids is 1. The van der Waals surface area contributed by atoms with Crippen molar-refractivity contribution in [3.05, 3.63) is 73.2 Å². The van der Waals surface area contributed by atoms with Gasteiger partial charge in [0.1, 0.15) is 11.0 Å². The lowest BCUT2D eigenvalue weighted by Gasteiger charge is -2.20. The summed E-state index contributed by atoms with van der Waals surface area (Å²) in [7, 11) is 0. The van der Waals surface area contributed by atoms with Gasteiger partial charge in [-0.05, 0) is 55.2 Å². The average molecular weight is 529 g/mol. The maximum atomic E-state index is 12.7. The van der Waals surface area contributed by atoms with E-state index in [1.54, 1.807) is 18.6 Å². The summed E-state index contributed by atoms with van der Waals surface area (Å²) in [5.41, 5.74) is 7.82. The number of fused-ring (bicyclic) bond motifs is 2. The van der Waals surface area contributed by atoms with Gasteiger partial charge in [-0.25, -0.2) is 9.97 Å². The van der Waals surface area contributed by atoms with Gasteiger partial charge in [-0.15, -0.1) is 0 Å². The van der Waals surface area contributed by atoms with Gasteiger partial charge in [-0.3, -0.25) is 19.9 Å². The predicted molar refractivity (Wildman–Crippen MR) is 155 cm³/mol. The first-order chi connectivity index (χ1) is 19.7. The Balaban J connectivity index is 1.19. The number of amides is 1. The second-order valence-corrected chi connectivity index (χ2v) is 10.4. The van der Waals surface area contributed by atoms with Crippen LogP contribution in [0, 0.1) is 5.92 Å². The first-order valence-corrected chi connectivity index (χ1v) is 13.7. The Kier molecular flexibility index (Phi) is 6.24. The largest absolute Gasteiger partial charge is 0.335 e. The van der Waals surface area contributed by atoms with Gasteiger partial charge < -0.3 is 10.3 Å². The number of carbonyl (C=O) groups is 1. The molecule has 1 fully saturated rings. The van der Waals surface area contributed by atoms with Crippen LogP contribution in [0.2, 0.25) is 0 Å². The fourth-order valence-corrected chi connectivity index (χ4v) is 5.60. The molecule has 0 atom stereocenters. The summed E-state index contributed by atoms with van der Waals surface area (Å²) < 4.78 is 0. The van der Waals surface area contributed by atoms with E-state index in [1.165, 1.54) is 19.3 Å². The summed E-state index contributed by atoms with van der Waals surface area (Å²) in [4.78, 5) is 34.7. The summed E-state index contributed by atoms with van der Waals surface area (Å²) in [5.74, 6) is 1.17. The first kappa shape index (κ1) is 24.1. The van der Waals surface area contributed by atoms with Crippen molar-refractivity contribution in [3.8, 4) is 34.0 Å². The zero-order chi connectivity index (χ0) is 26.9. The molecule has 9 nitrogen and oxygen atoms in total. The van der Waals surface area contributed by atoms with Crippen LogP contribution in [-0.2, 0) is 4.79 Å². The third-order valence-corrected chi connectivity index (χ3v) is 7.61. The molecule has 0 saturated heterocycles. The van der Waals surface area contributed by atoms with Crippen LogP contribution < -0.4 is 5.32 Å². The molecule has 6 aromatic rings. The van der Waals surface area contributed by atoms with Crippen LogP contribution in [0.1, 0.15) is 38.5 Å². The van der Waals surface area contributed by atoms with Crippen LogP contribution in [0.3, 0.4) is 0 Å². The van der Waals surface area contributed by atoms with Crippen molar-refractivity contribution in [2.24, 2.45) is 5.92 Å². The molecule has 1 saturated carbocycles. The number of aromatic amines is 2. The van der Waals surface area contributed by atoms with Crippen LogP contribution in [0.5, 0.6) is 0 Å². The van der Waals surface area contributed by atoms with E-state index in [2.05, 4.69) is 30.5 Å². The molecular weight excluding hydrogens is 500 g/mol. The van der Waals surface area contributed by atoms with Crippen molar-refractivity contribution in [3.63, 3.8) is 0 Å². The Hall–Kier alpha value is -4.92. The SMILES string of the molecule is O=C(CC1CCCCC1)Nc1cccc(-c2ccc3[nH]nc(-c4nc5c(-c6ccccn6)cncc5[nH]4)c3n2)c1. The lowest BCUT2D eigenvalue weighted by molar-refractivity contribution is -0.117. The number of nitrogens with one attached hydrogen (secondary N) is 3. The van der Waals surface area contributed by atoms with E-state index in [1.807, 2.05) is 54.6 Å². The summed E-state index contributed by atoms with van der Waals surface area (Å²) >= 11 is 0. The normalized spacial score (nSPS) is 14.1. The summed E-state index contributed by atoms with van der Waals surface area (Å²) in [6.07, 6.45) is 11.9. The van der Waals surface area contributed by atoms with Gasteiger partial charge in [-0.1, -0.05) is 37.5 Å². The number of pyridine rings is 3. The van der Waals surface area contributed by atoms with E-state index in [9.17, 15) is 4.79 Å². The maximum absolute atomic E-state index is 12.7. The van der Waals surface area contributed by atoms with Crippen LogP contribution in [0.15, 0.2) is 73.2 Å². The Labute approximate surface area is 230 Å². The fraction of sp³-hybridized carbons (Fsp3) is 0.226. The van der Waals surface area contributed by atoms with Crippen molar-refractivity contribution >= 4 is 33.7 Å². The molecule has 1 aliphatic rings. The van der Waals surface area contributed by atoms with Crippen molar-refractivity contribution < 1.29 is 4.79 Å². The van der Waals surface area contributed by atoms with Crippen molar-refractivity contribution in [2.75, 3.05) is 5.32 Å². The smallest absolute Gasteiger partial charge is 0.224 e. The zero-order valence-electron chi connectivity index (χ0n) is 21.9. The number of benzene rings is 1. The van der Waals surface area contributed by atoms with Gasteiger partial charge in [-0.2, -0.15) is 5.10 Å². The minimum Gasteiger partial charge on any atom is -0.335 e. The predicted octanol–water partition coefficient (Wildman–Crippen LogP) is 6.53. The van der Waals surface area contributed by atoms with Crippen molar-refractivity contribution in [1.82, 2.24) is 35.1 Å². The van der Waals surface area contributed by atoms with E-state index in [-0.39, 0.29) is 5.91 Å². The molecule has 0 aliphatic heterocycles. The van der Waals surface area contributed by atoms with E-state index >= 15 is 0 Å². The number of anilines is 1. The summed E-state index contributed by atoms with van der Waals surface area (Å²) in [6, 6.07) is 17.5. The van der Waals surface area contributed by atoms with Gasteiger partial charge in [0.15, 0.2) is 11.5 Å². The van der Waals surface area contributed by atoms with Crippen LogP contribution in [-0.4, -0.2) is 41.0 Å². The molecular formula is C31H28N8O. The van der Waals surface area contributed by atoms with E-state index in [0.717, 1.165) is 57.6 Å². The van der Waals surface area contributed by atoms with E-state index < -0.39 is 0 Å². The molecule has 0 bridgehead atoms. The van der Waals surface area contributed by atoms with Gasteiger partial charge in [0.05, 0.1) is 28.6 Å². The van der Waals surface area contributed by atoms with E-state index in [4.69, 9.17) is 9.97 Å². The number of hydrogen-bond acceptors (Lipinski definition) is 6. The maximum Gasteiger partial charge on any atom is 0.224 e. The van der Waals surface area contributed by atoms with Crippen LogP contribution in [0.25, 0.3) is 56.1 Å². The highest BCUT2D eigenvalue weighted by atomic mass is 16.1. The molecule has 3 N–H and O–H groups in total. The van der Waals surface area contributed by atoms with Crippen LogP contribution >= 0.6 is 0 Å². The molecule has 0 spiro atoms. The summed E-state index contributed by atoms with van der Waals surface area (Å²) in [6.45, 7) is 0. The Bertz CT molecular complexity index is 1820. The molecule has 7 rings (SSSR count). The molecule has 198 valence electrons. The number of rotatable bonds is 6. The topological polar surface area (TPSA) is 125 Å². The Morgan fingerprint density at radius 1 is 0.900 bits per heavy atom. The van der Waals surface area contributed by atoms with Gasteiger partial charge in [0.25, 0.3) is 0 Å². The minimum atomic E-state index is 0.0778. The molecule has 1 amide bonds. The molecule has 1 aromatic carbocycles. The number of aromatic nitrogens is 7. The number of imidazole rings is 1. The second kappa shape index (κ2) is 10.3. The van der Waals surface area contributed by atoms with Gasteiger partial charge >= 0.3 is 0 Å². The Morgan fingerprint density at radius 2 is 1.82 bits per heavy atom. The number of H-pyrrole nitrogens is 2. The van der Waals surface area contributed by atoms with Crippen molar-refractivity contribution in [1.29, 1.82) is 0 Å². The van der Waals surface area contributed by atoms with E-state index in [0.29, 0.717) is 29.4 Å². The second-order valence-electron chi connectivity index (χ2n) is 10.4. The van der Waals surface area contributed by atoms with Crippen molar-refractivity contribution in [2.45, 2.75) is 38.5 Å². The Morgan fingerprint density at radius 3 is 2.70 bits per heavy atom. The monoisotopic (exact) mass is 528 g/mol. The fourth-order valence-electron chi connectivity index (χ4n) is 5.60. The van der Waals surface area contributed by atoms with Gasteiger partial charge in [0, 0.05) is 35.6 Å². The van der Waals surface area contributed by atoms with Crippen LogP contribution in [0.4, 0.5) is 5.69 Å². The minimum absolute atomic E-state index is 0.0778. The first-order valence-electron chi connectivity index (χ1n) is 13.7. The highest BCUT2D eigenvalue weighted by Gasteiger charge is 2.19. The average Bonchev–Trinajstić information content (AvgIpc) is 3.62. The molecule has 0 radical (unpaired) electrons. The number of nitrogens with zero attached hydrogens (tertiary/aromatic N) is 5. The highest BCUT2D eigenvalue weighted by molar-refractivity contribution is 5.95. The molecule has 0 unspecified atom stereocenters.